The zero-order valence-corrected chi connectivity index (χ0v) is 17.4. The van der Waals surface area contributed by atoms with Crippen LogP contribution in [0.3, 0.4) is 0 Å². The monoisotopic (exact) mass is 395 g/mol. The molecule has 1 aliphatic heterocycles. The second-order valence-corrected chi connectivity index (χ2v) is 7.85. The number of pyridine rings is 1. The number of benzene rings is 1. The van der Waals surface area contributed by atoms with Crippen LogP contribution < -0.4 is 10.7 Å². The Morgan fingerprint density at radius 2 is 1.86 bits per heavy atom. The Hall–Kier alpha value is -2.41. The standard InChI is InChI=1S/C23H29N3O3/c1-15-4-5-16(2)23-22(15)20(27)12-18(25-23)13-24-14-19(21-7-6-17(3)29-21)26-8-10-28-11-9-26/h4-7,12,19,24H,8-11,13-14H2,1-3H3,(H,25,27)/t19-/m1/s1. The number of hydrogen-bond acceptors (Lipinski definition) is 5. The molecule has 0 unspecified atom stereocenters. The number of aromatic nitrogens is 1. The molecule has 1 aliphatic rings. The van der Waals surface area contributed by atoms with Crippen LogP contribution in [0.4, 0.5) is 0 Å². The van der Waals surface area contributed by atoms with E-state index in [0.717, 1.165) is 72.1 Å². The van der Waals surface area contributed by atoms with Gasteiger partial charge in [-0.1, -0.05) is 12.1 Å². The summed E-state index contributed by atoms with van der Waals surface area (Å²) >= 11 is 0. The molecule has 0 radical (unpaired) electrons. The van der Waals surface area contributed by atoms with Gasteiger partial charge in [-0.15, -0.1) is 0 Å². The summed E-state index contributed by atoms with van der Waals surface area (Å²) in [4.78, 5) is 18.5. The quantitative estimate of drug-likeness (QED) is 0.671. The third-order valence-electron chi connectivity index (χ3n) is 5.69. The molecule has 6 nitrogen and oxygen atoms in total. The Morgan fingerprint density at radius 1 is 1.10 bits per heavy atom. The van der Waals surface area contributed by atoms with E-state index in [1.165, 1.54) is 0 Å². The fraction of sp³-hybridized carbons (Fsp3) is 0.435. The zero-order valence-electron chi connectivity index (χ0n) is 17.4. The molecule has 1 aromatic carbocycles. The largest absolute Gasteiger partial charge is 0.465 e. The van der Waals surface area contributed by atoms with Crippen molar-refractivity contribution in [2.24, 2.45) is 0 Å². The number of aromatic amines is 1. The first-order chi connectivity index (χ1) is 14.0. The number of aryl methyl sites for hydroxylation is 3. The maximum Gasteiger partial charge on any atom is 0.189 e. The molecular weight excluding hydrogens is 366 g/mol. The van der Waals surface area contributed by atoms with Crippen LogP contribution in [0.2, 0.25) is 0 Å². The van der Waals surface area contributed by atoms with Gasteiger partial charge in [-0.3, -0.25) is 9.69 Å². The number of H-pyrrole nitrogens is 1. The predicted molar refractivity (Wildman–Crippen MR) is 114 cm³/mol. The van der Waals surface area contributed by atoms with Crippen LogP contribution in [0.5, 0.6) is 0 Å². The van der Waals surface area contributed by atoms with Crippen LogP contribution in [0.1, 0.15) is 34.4 Å². The molecule has 0 bridgehead atoms. The smallest absolute Gasteiger partial charge is 0.189 e. The summed E-state index contributed by atoms with van der Waals surface area (Å²) < 4.78 is 11.4. The molecule has 1 atom stereocenters. The van der Waals surface area contributed by atoms with Crippen LogP contribution in [0, 0.1) is 20.8 Å². The second-order valence-electron chi connectivity index (χ2n) is 7.85. The zero-order chi connectivity index (χ0) is 20.4. The van der Waals surface area contributed by atoms with E-state index in [2.05, 4.69) is 27.3 Å². The van der Waals surface area contributed by atoms with Crippen molar-refractivity contribution in [3.05, 3.63) is 68.9 Å². The van der Waals surface area contributed by atoms with Crippen LogP contribution in [0.25, 0.3) is 10.9 Å². The molecule has 0 amide bonds. The Balaban J connectivity index is 1.51. The van der Waals surface area contributed by atoms with E-state index in [1.807, 2.05) is 32.9 Å². The Morgan fingerprint density at radius 3 is 2.59 bits per heavy atom. The van der Waals surface area contributed by atoms with Crippen molar-refractivity contribution in [3.63, 3.8) is 0 Å². The van der Waals surface area contributed by atoms with Gasteiger partial charge >= 0.3 is 0 Å². The normalized spacial score (nSPS) is 16.4. The molecular formula is C23H29N3O3. The number of nitrogens with one attached hydrogen (secondary N) is 2. The van der Waals surface area contributed by atoms with Crippen molar-refractivity contribution in [2.75, 3.05) is 32.8 Å². The van der Waals surface area contributed by atoms with E-state index in [-0.39, 0.29) is 11.5 Å². The third kappa shape index (κ3) is 4.29. The molecule has 29 heavy (non-hydrogen) atoms. The molecule has 2 aromatic heterocycles. The van der Waals surface area contributed by atoms with Gasteiger partial charge in [-0.05, 0) is 44.0 Å². The van der Waals surface area contributed by atoms with E-state index in [1.54, 1.807) is 6.07 Å². The van der Waals surface area contributed by atoms with Gasteiger partial charge in [0.05, 0.1) is 24.8 Å². The lowest BCUT2D eigenvalue weighted by atomic mass is 10.0. The van der Waals surface area contributed by atoms with Crippen molar-refractivity contribution < 1.29 is 9.15 Å². The topological polar surface area (TPSA) is 70.5 Å². The van der Waals surface area contributed by atoms with E-state index in [9.17, 15) is 4.79 Å². The molecule has 6 heteroatoms. The molecule has 3 heterocycles. The number of ether oxygens (including phenoxy) is 1. The molecule has 2 N–H and O–H groups in total. The molecule has 3 aromatic rings. The minimum Gasteiger partial charge on any atom is -0.465 e. The van der Waals surface area contributed by atoms with Gasteiger partial charge in [0.1, 0.15) is 11.5 Å². The lowest BCUT2D eigenvalue weighted by molar-refractivity contribution is 0.0115. The number of morpholine rings is 1. The third-order valence-corrected chi connectivity index (χ3v) is 5.69. The highest BCUT2D eigenvalue weighted by atomic mass is 16.5. The molecule has 0 aliphatic carbocycles. The fourth-order valence-corrected chi connectivity index (χ4v) is 4.09. The van der Waals surface area contributed by atoms with Gasteiger partial charge in [0.25, 0.3) is 0 Å². The first-order valence-electron chi connectivity index (χ1n) is 10.2. The first kappa shape index (κ1) is 19.9. The van der Waals surface area contributed by atoms with Crippen molar-refractivity contribution >= 4 is 10.9 Å². The van der Waals surface area contributed by atoms with E-state index in [4.69, 9.17) is 9.15 Å². The second kappa shape index (κ2) is 8.53. The van der Waals surface area contributed by atoms with Gasteiger partial charge in [-0.25, -0.2) is 0 Å². The Kier molecular flexibility index (Phi) is 5.85. The van der Waals surface area contributed by atoms with Gasteiger partial charge in [0.15, 0.2) is 5.43 Å². The molecule has 1 saturated heterocycles. The van der Waals surface area contributed by atoms with Crippen LogP contribution >= 0.6 is 0 Å². The SMILES string of the molecule is Cc1ccc([C@@H](CNCc2cc(=O)c3c(C)ccc(C)c3[nH]2)N2CCOCC2)o1. The average molecular weight is 396 g/mol. The molecule has 4 rings (SSSR count). The summed E-state index contributed by atoms with van der Waals surface area (Å²) in [5, 5.41) is 4.30. The Labute approximate surface area is 170 Å². The summed E-state index contributed by atoms with van der Waals surface area (Å²) in [5.41, 5.74) is 3.99. The number of rotatable bonds is 6. The fourth-order valence-electron chi connectivity index (χ4n) is 4.09. The molecule has 154 valence electrons. The lowest BCUT2D eigenvalue weighted by Crippen LogP contribution is -2.42. The van der Waals surface area contributed by atoms with E-state index < -0.39 is 0 Å². The van der Waals surface area contributed by atoms with Crippen molar-refractivity contribution in [2.45, 2.75) is 33.4 Å². The van der Waals surface area contributed by atoms with Gasteiger partial charge in [0, 0.05) is 43.3 Å². The summed E-state index contributed by atoms with van der Waals surface area (Å²) in [5.74, 6) is 1.89. The van der Waals surface area contributed by atoms with Gasteiger partial charge in [-0.2, -0.15) is 0 Å². The summed E-state index contributed by atoms with van der Waals surface area (Å²) in [7, 11) is 0. The lowest BCUT2D eigenvalue weighted by Gasteiger charge is -2.33. The maximum absolute atomic E-state index is 12.7. The average Bonchev–Trinajstić information content (AvgIpc) is 3.14. The molecule has 1 fully saturated rings. The van der Waals surface area contributed by atoms with Crippen molar-refractivity contribution in [3.8, 4) is 0 Å². The van der Waals surface area contributed by atoms with Crippen LogP contribution in [-0.4, -0.2) is 42.7 Å². The minimum absolute atomic E-state index is 0.0724. The molecule has 0 saturated carbocycles. The van der Waals surface area contributed by atoms with Gasteiger partial charge in [0.2, 0.25) is 0 Å². The number of furan rings is 1. The van der Waals surface area contributed by atoms with Crippen LogP contribution in [0.15, 0.2) is 39.5 Å². The van der Waals surface area contributed by atoms with E-state index >= 15 is 0 Å². The summed E-state index contributed by atoms with van der Waals surface area (Å²) in [6, 6.07) is 9.98. The molecule has 0 spiro atoms. The number of fused-ring (bicyclic) bond motifs is 1. The van der Waals surface area contributed by atoms with Crippen LogP contribution in [-0.2, 0) is 11.3 Å². The summed E-state index contributed by atoms with van der Waals surface area (Å²) in [6.07, 6.45) is 0. The highest BCUT2D eigenvalue weighted by molar-refractivity contribution is 5.84. The predicted octanol–water partition coefficient (Wildman–Crippen LogP) is 3.21. The van der Waals surface area contributed by atoms with Crippen molar-refractivity contribution in [1.29, 1.82) is 0 Å². The summed E-state index contributed by atoms with van der Waals surface area (Å²) in [6.45, 7) is 10.6. The highest BCUT2D eigenvalue weighted by Gasteiger charge is 2.24. The Bertz CT molecular complexity index is 1050. The van der Waals surface area contributed by atoms with E-state index in [0.29, 0.717) is 6.54 Å². The number of nitrogens with zero attached hydrogens (tertiary/aromatic N) is 1. The minimum atomic E-state index is 0.0724. The van der Waals surface area contributed by atoms with Crippen molar-refractivity contribution in [1.82, 2.24) is 15.2 Å². The van der Waals surface area contributed by atoms with Gasteiger partial charge < -0.3 is 19.5 Å². The maximum atomic E-state index is 12.7. The first-order valence-corrected chi connectivity index (χ1v) is 10.2. The number of hydrogen-bond donors (Lipinski definition) is 2. The highest BCUT2D eigenvalue weighted by Crippen LogP contribution is 2.23.